The van der Waals surface area contributed by atoms with Gasteiger partial charge in [-0.15, -0.1) is 0 Å². The lowest BCUT2D eigenvalue weighted by Crippen LogP contribution is -2.15. The molecule has 0 fully saturated rings. The average molecular weight is 381 g/mol. The number of aromatic nitrogens is 1. The van der Waals surface area contributed by atoms with Crippen molar-refractivity contribution in [1.29, 1.82) is 0 Å². The van der Waals surface area contributed by atoms with Gasteiger partial charge in [0.1, 0.15) is 5.69 Å². The van der Waals surface area contributed by atoms with E-state index in [4.69, 9.17) is 9.47 Å². The molecular formula is C22H23NO5. The minimum Gasteiger partial charge on any atom is -0.462 e. The fourth-order valence-corrected chi connectivity index (χ4v) is 3.07. The highest BCUT2D eigenvalue weighted by molar-refractivity contribution is 5.95. The number of hydrogen-bond acceptors (Lipinski definition) is 5. The molecule has 28 heavy (non-hydrogen) atoms. The molecule has 0 spiro atoms. The molecule has 0 radical (unpaired) electrons. The van der Waals surface area contributed by atoms with Crippen molar-refractivity contribution in [3.05, 3.63) is 71.5 Å². The van der Waals surface area contributed by atoms with Crippen LogP contribution in [0.4, 0.5) is 0 Å². The highest BCUT2D eigenvalue weighted by Gasteiger charge is 2.21. The number of hydrogen-bond donors (Lipinski definition) is 1. The van der Waals surface area contributed by atoms with Crippen molar-refractivity contribution in [2.75, 3.05) is 13.2 Å². The monoisotopic (exact) mass is 381 g/mol. The van der Waals surface area contributed by atoms with Gasteiger partial charge in [-0.1, -0.05) is 36.4 Å². The summed E-state index contributed by atoms with van der Waals surface area (Å²) in [6, 6.07) is 15.0. The number of nitrogens with zero attached hydrogens (tertiary/aromatic N) is 1. The maximum Gasteiger partial charge on any atom is 0.354 e. The molecule has 146 valence electrons. The van der Waals surface area contributed by atoms with E-state index >= 15 is 0 Å². The first-order chi connectivity index (χ1) is 13.5. The minimum absolute atomic E-state index is 0.103. The molecule has 0 amide bonds. The van der Waals surface area contributed by atoms with E-state index in [2.05, 4.69) is 0 Å². The van der Waals surface area contributed by atoms with Crippen molar-refractivity contribution < 1.29 is 24.2 Å². The summed E-state index contributed by atoms with van der Waals surface area (Å²) in [5.41, 5.74) is 1.17. The summed E-state index contributed by atoms with van der Waals surface area (Å²) < 4.78 is 11.6. The van der Waals surface area contributed by atoms with Crippen molar-refractivity contribution >= 4 is 22.7 Å². The Morgan fingerprint density at radius 2 is 1.64 bits per heavy atom. The summed E-state index contributed by atoms with van der Waals surface area (Å²) in [6.07, 6.45) is 0.648. The molecule has 0 aliphatic heterocycles. The Morgan fingerprint density at radius 3 is 2.36 bits per heavy atom. The van der Waals surface area contributed by atoms with Gasteiger partial charge in [-0.05, 0) is 42.3 Å². The highest BCUT2D eigenvalue weighted by Crippen LogP contribution is 2.23. The van der Waals surface area contributed by atoms with Gasteiger partial charge in [0, 0.05) is 6.20 Å². The zero-order valence-electron chi connectivity index (χ0n) is 15.9. The second-order valence-corrected chi connectivity index (χ2v) is 6.33. The topological polar surface area (TPSA) is 77.8 Å². The lowest BCUT2D eigenvalue weighted by Gasteiger charge is -2.15. The molecule has 6 nitrogen and oxygen atoms in total. The molecule has 1 unspecified atom stereocenters. The van der Waals surface area contributed by atoms with E-state index in [9.17, 15) is 14.7 Å². The van der Waals surface area contributed by atoms with Crippen LogP contribution >= 0.6 is 0 Å². The van der Waals surface area contributed by atoms with Crippen LogP contribution in [0.5, 0.6) is 0 Å². The number of rotatable bonds is 7. The van der Waals surface area contributed by atoms with Gasteiger partial charge in [0.2, 0.25) is 0 Å². The maximum absolute atomic E-state index is 12.3. The molecule has 1 heterocycles. The number of carbonyl (C=O) groups is 2. The molecule has 1 aromatic heterocycles. The Hall–Kier alpha value is -3.12. The minimum atomic E-state index is -0.861. The molecule has 0 saturated carbocycles. The van der Waals surface area contributed by atoms with E-state index in [1.165, 1.54) is 16.8 Å². The number of aliphatic hydroxyl groups excluding tert-OH is 1. The van der Waals surface area contributed by atoms with Gasteiger partial charge < -0.3 is 19.1 Å². The van der Waals surface area contributed by atoms with Crippen LogP contribution in [0.1, 0.15) is 46.4 Å². The van der Waals surface area contributed by atoms with Gasteiger partial charge in [0.05, 0.1) is 31.4 Å². The van der Waals surface area contributed by atoms with Gasteiger partial charge in [-0.3, -0.25) is 0 Å². The molecular weight excluding hydrogens is 358 g/mol. The van der Waals surface area contributed by atoms with Gasteiger partial charge in [-0.25, -0.2) is 9.59 Å². The van der Waals surface area contributed by atoms with Crippen LogP contribution in [0.15, 0.2) is 54.7 Å². The molecule has 3 rings (SSSR count). The zero-order chi connectivity index (χ0) is 20.1. The molecule has 1 atom stereocenters. The quantitative estimate of drug-likeness (QED) is 0.631. The Morgan fingerprint density at radius 1 is 0.964 bits per heavy atom. The van der Waals surface area contributed by atoms with E-state index < -0.39 is 18.0 Å². The van der Waals surface area contributed by atoms with Crippen LogP contribution in [0.3, 0.4) is 0 Å². The van der Waals surface area contributed by atoms with E-state index in [1.807, 2.05) is 42.5 Å². The van der Waals surface area contributed by atoms with E-state index in [-0.39, 0.29) is 31.0 Å². The fraction of sp³-hybridized carbons (Fsp3) is 0.273. The molecule has 0 aliphatic rings. The van der Waals surface area contributed by atoms with Crippen LogP contribution in [0.25, 0.3) is 10.8 Å². The Kier molecular flexibility index (Phi) is 6.11. The molecule has 0 saturated heterocycles. The van der Waals surface area contributed by atoms with Crippen LogP contribution in [-0.2, 0) is 16.0 Å². The first-order valence-electron chi connectivity index (χ1n) is 9.24. The summed E-state index contributed by atoms with van der Waals surface area (Å²) in [6.45, 7) is 3.97. The second kappa shape index (κ2) is 8.71. The predicted molar refractivity (Wildman–Crippen MR) is 105 cm³/mol. The number of benzene rings is 2. The second-order valence-electron chi connectivity index (χ2n) is 6.33. The molecule has 6 heteroatoms. The highest BCUT2D eigenvalue weighted by atomic mass is 16.5. The van der Waals surface area contributed by atoms with Gasteiger partial charge in [0.25, 0.3) is 0 Å². The van der Waals surface area contributed by atoms with E-state index in [0.29, 0.717) is 0 Å². The zero-order valence-corrected chi connectivity index (χ0v) is 15.9. The standard InChI is InChI=1S/C22H23NO5/c1-3-27-21(25)18-12-19(22(26)28-4-2)23(13-18)14-20(24)17-10-9-15-7-5-6-8-16(15)11-17/h5-13,20,24H,3-4,14H2,1-2H3. The van der Waals surface area contributed by atoms with E-state index in [1.54, 1.807) is 13.8 Å². The van der Waals surface area contributed by atoms with Crippen LogP contribution in [-0.4, -0.2) is 34.8 Å². The van der Waals surface area contributed by atoms with Crippen molar-refractivity contribution in [3.8, 4) is 0 Å². The van der Waals surface area contributed by atoms with Crippen LogP contribution in [0, 0.1) is 0 Å². The third-order valence-electron chi connectivity index (χ3n) is 4.42. The lowest BCUT2D eigenvalue weighted by molar-refractivity contribution is 0.0507. The number of aliphatic hydroxyl groups is 1. The van der Waals surface area contributed by atoms with Gasteiger partial charge in [-0.2, -0.15) is 0 Å². The van der Waals surface area contributed by atoms with Crippen LogP contribution in [0.2, 0.25) is 0 Å². The largest absolute Gasteiger partial charge is 0.462 e. The summed E-state index contributed by atoms with van der Waals surface area (Å²) in [5.74, 6) is -1.07. The van der Waals surface area contributed by atoms with Gasteiger partial charge >= 0.3 is 11.9 Å². The predicted octanol–water partition coefficient (Wildman–Crippen LogP) is 3.73. The number of carbonyl (C=O) groups excluding carboxylic acids is 2. The Bertz CT molecular complexity index is 992. The summed E-state index contributed by atoms with van der Waals surface area (Å²) in [7, 11) is 0. The molecule has 1 N–H and O–H groups in total. The van der Waals surface area contributed by atoms with Crippen molar-refractivity contribution in [2.24, 2.45) is 0 Å². The summed E-state index contributed by atoms with van der Waals surface area (Å²) in [4.78, 5) is 24.3. The molecule has 2 aromatic carbocycles. The first kappa shape index (κ1) is 19.6. The third kappa shape index (κ3) is 4.23. The normalized spacial score (nSPS) is 12.0. The number of esters is 2. The first-order valence-corrected chi connectivity index (χ1v) is 9.24. The lowest BCUT2D eigenvalue weighted by atomic mass is 10.0. The number of ether oxygens (including phenoxy) is 2. The molecule has 0 bridgehead atoms. The Balaban J connectivity index is 1.89. The third-order valence-corrected chi connectivity index (χ3v) is 4.42. The fourth-order valence-electron chi connectivity index (χ4n) is 3.07. The maximum atomic E-state index is 12.3. The SMILES string of the molecule is CCOC(=O)c1cc(C(=O)OCC)n(CC(O)c2ccc3ccccc3c2)c1. The van der Waals surface area contributed by atoms with Crippen molar-refractivity contribution in [3.63, 3.8) is 0 Å². The molecule has 0 aliphatic carbocycles. The average Bonchev–Trinajstić information content (AvgIpc) is 3.12. The van der Waals surface area contributed by atoms with Gasteiger partial charge in [0.15, 0.2) is 0 Å². The summed E-state index contributed by atoms with van der Waals surface area (Å²) in [5, 5.41) is 12.8. The Labute approximate surface area is 163 Å². The van der Waals surface area contributed by atoms with E-state index in [0.717, 1.165) is 16.3 Å². The smallest absolute Gasteiger partial charge is 0.354 e. The summed E-state index contributed by atoms with van der Waals surface area (Å²) >= 11 is 0. The van der Waals surface area contributed by atoms with Crippen molar-refractivity contribution in [1.82, 2.24) is 4.57 Å². The van der Waals surface area contributed by atoms with Crippen LogP contribution < -0.4 is 0 Å². The number of fused-ring (bicyclic) bond motifs is 1. The van der Waals surface area contributed by atoms with Crippen molar-refractivity contribution in [2.45, 2.75) is 26.5 Å². The molecule has 3 aromatic rings.